The van der Waals surface area contributed by atoms with Crippen LogP contribution in [0, 0.1) is 0 Å². The van der Waals surface area contributed by atoms with Crippen molar-refractivity contribution in [3.05, 3.63) is 29.8 Å². The van der Waals surface area contributed by atoms with Gasteiger partial charge in [-0.05, 0) is 25.5 Å². The van der Waals surface area contributed by atoms with Crippen LogP contribution < -0.4 is 5.32 Å². The van der Waals surface area contributed by atoms with Crippen LogP contribution in [0.5, 0.6) is 0 Å². The largest absolute Gasteiger partial charge is 0.462 e. The van der Waals surface area contributed by atoms with Gasteiger partial charge in [0.2, 0.25) is 0 Å². The third-order valence-electron chi connectivity index (χ3n) is 4.21. The first-order valence-electron chi connectivity index (χ1n) is 9.30. The summed E-state index contributed by atoms with van der Waals surface area (Å²) in [7, 11) is 0. The average Bonchev–Trinajstić information content (AvgIpc) is 2.68. The highest BCUT2D eigenvalue weighted by Gasteiger charge is 2.25. The number of piperazine rings is 1. The zero-order chi connectivity index (χ0) is 19.6. The van der Waals surface area contributed by atoms with Crippen LogP contribution in [0.15, 0.2) is 24.3 Å². The highest BCUT2D eigenvalue weighted by molar-refractivity contribution is 6.00. The molecule has 1 fully saturated rings. The Bertz CT molecular complexity index is 657. The lowest BCUT2D eigenvalue weighted by atomic mass is 10.2. The summed E-state index contributed by atoms with van der Waals surface area (Å²) in [6.45, 7) is 6.07. The Morgan fingerprint density at radius 2 is 1.67 bits per heavy atom. The van der Waals surface area contributed by atoms with Crippen LogP contribution in [0.4, 0.5) is 15.3 Å². The van der Waals surface area contributed by atoms with Crippen LogP contribution in [0.25, 0.3) is 0 Å². The number of nitrogens with zero attached hydrogens (tertiary/aromatic N) is 2. The van der Waals surface area contributed by atoms with Gasteiger partial charge in [0.05, 0.1) is 24.5 Å². The molecule has 8 nitrogen and oxygen atoms in total. The number of esters is 1. The molecule has 0 aromatic heterocycles. The first kappa shape index (κ1) is 20.5. The predicted octanol–water partition coefficient (Wildman–Crippen LogP) is 2.95. The van der Waals surface area contributed by atoms with Crippen molar-refractivity contribution in [3.8, 4) is 0 Å². The van der Waals surface area contributed by atoms with Gasteiger partial charge in [0, 0.05) is 26.2 Å². The third-order valence-corrected chi connectivity index (χ3v) is 4.21. The van der Waals surface area contributed by atoms with Crippen LogP contribution in [-0.4, -0.2) is 67.3 Å². The molecule has 0 unspecified atom stereocenters. The van der Waals surface area contributed by atoms with Gasteiger partial charge in [0.15, 0.2) is 0 Å². The monoisotopic (exact) mass is 377 g/mol. The van der Waals surface area contributed by atoms with Crippen molar-refractivity contribution in [3.63, 3.8) is 0 Å². The number of urea groups is 1. The minimum Gasteiger partial charge on any atom is -0.462 e. The highest BCUT2D eigenvalue weighted by atomic mass is 16.6. The fourth-order valence-electron chi connectivity index (χ4n) is 2.66. The number of benzene rings is 1. The van der Waals surface area contributed by atoms with E-state index in [1.54, 1.807) is 41.0 Å². The van der Waals surface area contributed by atoms with Crippen molar-refractivity contribution in [2.24, 2.45) is 0 Å². The molecule has 0 radical (unpaired) electrons. The molecule has 0 aliphatic carbocycles. The molecule has 27 heavy (non-hydrogen) atoms. The smallest absolute Gasteiger partial charge is 0.409 e. The van der Waals surface area contributed by atoms with Crippen molar-refractivity contribution < 1.29 is 23.9 Å². The lowest BCUT2D eigenvalue weighted by Gasteiger charge is -2.34. The van der Waals surface area contributed by atoms with E-state index >= 15 is 0 Å². The van der Waals surface area contributed by atoms with Crippen LogP contribution in [0.2, 0.25) is 0 Å². The Morgan fingerprint density at radius 1 is 1.00 bits per heavy atom. The van der Waals surface area contributed by atoms with Crippen LogP contribution in [0.3, 0.4) is 0 Å². The topological polar surface area (TPSA) is 88.2 Å². The number of ether oxygens (including phenoxy) is 2. The van der Waals surface area contributed by atoms with Crippen LogP contribution >= 0.6 is 0 Å². The van der Waals surface area contributed by atoms with Gasteiger partial charge in [-0.1, -0.05) is 25.5 Å². The summed E-state index contributed by atoms with van der Waals surface area (Å²) in [5.41, 5.74) is 0.740. The zero-order valence-electron chi connectivity index (χ0n) is 15.9. The number of hydrogen-bond acceptors (Lipinski definition) is 5. The van der Waals surface area contributed by atoms with E-state index in [2.05, 4.69) is 5.32 Å². The molecule has 1 aromatic rings. The van der Waals surface area contributed by atoms with E-state index in [0.29, 0.717) is 50.6 Å². The SMILES string of the molecule is CCCCOC(=O)c1ccccc1NC(=O)N1CCN(C(=O)OCC)CC1. The molecule has 3 amide bonds. The number of carbonyl (C=O) groups excluding carboxylic acids is 3. The summed E-state index contributed by atoms with van der Waals surface area (Å²) < 4.78 is 10.2. The maximum Gasteiger partial charge on any atom is 0.409 e. The Balaban J connectivity index is 1.93. The van der Waals surface area contributed by atoms with Gasteiger partial charge < -0.3 is 24.6 Å². The maximum absolute atomic E-state index is 12.5. The first-order chi connectivity index (χ1) is 13.1. The summed E-state index contributed by atoms with van der Waals surface area (Å²) >= 11 is 0. The number of carbonyl (C=O) groups is 3. The zero-order valence-corrected chi connectivity index (χ0v) is 15.9. The molecular formula is C19H27N3O5. The number of nitrogens with one attached hydrogen (secondary N) is 1. The molecule has 0 spiro atoms. The molecule has 1 heterocycles. The second-order valence-electron chi connectivity index (χ2n) is 6.14. The molecule has 8 heteroatoms. The minimum absolute atomic E-state index is 0.313. The molecule has 1 aromatic carbocycles. The van der Waals surface area contributed by atoms with Gasteiger partial charge >= 0.3 is 18.1 Å². The minimum atomic E-state index is -0.452. The van der Waals surface area contributed by atoms with E-state index in [1.807, 2.05) is 6.92 Å². The van der Waals surface area contributed by atoms with Crippen molar-refractivity contribution >= 4 is 23.8 Å². The normalized spacial score (nSPS) is 13.9. The fourth-order valence-corrected chi connectivity index (χ4v) is 2.66. The second-order valence-corrected chi connectivity index (χ2v) is 6.14. The summed E-state index contributed by atoms with van der Waals surface area (Å²) in [6.07, 6.45) is 1.37. The molecular weight excluding hydrogens is 350 g/mol. The van der Waals surface area contributed by atoms with Gasteiger partial charge in [0.1, 0.15) is 0 Å². The Hall–Kier alpha value is -2.77. The van der Waals surface area contributed by atoms with Gasteiger partial charge in [-0.3, -0.25) is 0 Å². The van der Waals surface area contributed by atoms with E-state index in [1.165, 1.54) is 0 Å². The summed E-state index contributed by atoms with van der Waals surface area (Å²) in [5.74, 6) is -0.452. The van der Waals surface area contributed by atoms with E-state index < -0.39 is 5.97 Å². The molecule has 0 atom stereocenters. The highest BCUT2D eigenvalue weighted by Crippen LogP contribution is 2.17. The van der Waals surface area contributed by atoms with E-state index in [4.69, 9.17) is 9.47 Å². The number of para-hydroxylation sites is 1. The molecule has 0 saturated carbocycles. The van der Waals surface area contributed by atoms with Gasteiger partial charge in [-0.15, -0.1) is 0 Å². The third kappa shape index (κ3) is 5.87. The van der Waals surface area contributed by atoms with Gasteiger partial charge in [-0.2, -0.15) is 0 Å². The standard InChI is InChI=1S/C19H27N3O5/c1-3-5-14-27-17(23)15-8-6-7-9-16(15)20-18(24)21-10-12-22(13-11-21)19(25)26-4-2/h6-9H,3-5,10-14H2,1-2H3,(H,20,24). The van der Waals surface area contributed by atoms with Crippen molar-refractivity contribution in [2.75, 3.05) is 44.7 Å². The Kier molecular flexibility index (Phi) is 7.91. The van der Waals surface area contributed by atoms with Crippen molar-refractivity contribution in [2.45, 2.75) is 26.7 Å². The molecule has 0 bridgehead atoms. The number of unbranched alkanes of at least 4 members (excludes halogenated alkanes) is 1. The van der Waals surface area contributed by atoms with Crippen molar-refractivity contribution in [1.29, 1.82) is 0 Å². The van der Waals surface area contributed by atoms with E-state index in [-0.39, 0.29) is 12.1 Å². The number of hydrogen-bond donors (Lipinski definition) is 1. The summed E-state index contributed by atoms with van der Waals surface area (Å²) in [5, 5.41) is 2.77. The molecule has 148 valence electrons. The van der Waals surface area contributed by atoms with Gasteiger partial charge in [-0.25, -0.2) is 14.4 Å². The number of anilines is 1. The fraction of sp³-hybridized carbons (Fsp3) is 0.526. The first-order valence-corrected chi connectivity index (χ1v) is 9.30. The molecule has 1 saturated heterocycles. The van der Waals surface area contributed by atoms with Crippen LogP contribution in [0.1, 0.15) is 37.0 Å². The quantitative estimate of drug-likeness (QED) is 0.608. The van der Waals surface area contributed by atoms with Crippen LogP contribution in [-0.2, 0) is 9.47 Å². The molecule has 1 N–H and O–H groups in total. The summed E-state index contributed by atoms with van der Waals surface area (Å²) in [4.78, 5) is 39.7. The second kappa shape index (κ2) is 10.4. The lowest BCUT2D eigenvalue weighted by molar-refractivity contribution is 0.0500. The predicted molar refractivity (Wildman–Crippen MR) is 101 cm³/mol. The lowest BCUT2D eigenvalue weighted by Crippen LogP contribution is -2.51. The average molecular weight is 377 g/mol. The van der Waals surface area contributed by atoms with E-state index in [9.17, 15) is 14.4 Å². The molecule has 1 aliphatic rings. The Labute approximate surface area is 159 Å². The molecule has 1 aliphatic heterocycles. The number of amides is 3. The maximum atomic E-state index is 12.5. The number of rotatable bonds is 6. The summed E-state index contributed by atoms with van der Waals surface area (Å²) in [6, 6.07) is 6.46. The van der Waals surface area contributed by atoms with Crippen molar-refractivity contribution in [1.82, 2.24) is 9.80 Å². The Morgan fingerprint density at radius 3 is 2.33 bits per heavy atom. The molecule has 2 rings (SSSR count). The van der Waals surface area contributed by atoms with E-state index in [0.717, 1.165) is 12.8 Å². The van der Waals surface area contributed by atoms with Gasteiger partial charge in [0.25, 0.3) is 0 Å².